The quantitative estimate of drug-likeness (QED) is 0.458. The van der Waals surface area contributed by atoms with Crippen LogP contribution >= 0.6 is 15.9 Å². The summed E-state index contributed by atoms with van der Waals surface area (Å²) >= 11 is 3.32. The van der Waals surface area contributed by atoms with Crippen molar-refractivity contribution >= 4 is 136 Å². The molecule has 0 aliphatic heterocycles. The molecule has 0 unspecified atom stereocenters. The van der Waals surface area contributed by atoms with Crippen molar-refractivity contribution in [2.24, 2.45) is 0 Å². The van der Waals surface area contributed by atoms with Gasteiger partial charge in [-0.15, -0.1) is 27.3 Å². The minimum absolute atomic E-state index is 0.0990. The third kappa shape index (κ3) is 2.52. The molecular weight excluding hydrogens is 321 g/mol. The lowest BCUT2D eigenvalue weighted by atomic mass is 9.57. The van der Waals surface area contributed by atoms with Crippen LogP contribution in [0.3, 0.4) is 0 Å². The molecule has 18 radical (unpaired) electrons. The molecule has 0 amide bonds. The predicted octanol–water partition coefficient (Wildman–Crippen LogP) is -6.74. The minimum Gasteiger partial charge on any atom is -0.112 e. The molecule has 0 N–H and O–H groups in total. The summed E-state index contributed by atoms with van der Waals surface area (Å²) in [6.45, 7) is 0. The van der Waals surface area contributed by atoms with Gasteiger partial charge in [0, 0.05) is 4.47 Å². The van der Waals surface area contributed by atoms with E-state index in [4.69, 9.17) is 70.6 Å². The summed E-state index contributed by atoms with van der Waals surface area (Å²) in [7, 11) is 53.2. The van der Waals surface area contributed by atoms with Crippen LogP contribution in [0.4, 0.5) is 0 Å². The summed E-state index contributed by atoms with van der Waals surface area (Å²) < 4.78 is 0.388. The maximum atomic E-state index is 6.05. The molecule has 2 aromatic rings. The van der Waals surface area contributed by atoms with Crippen molar-refractivity contribution in [2.45, 2.75) is 0 Å². The Morgan fingerprint density at radius 2 is 0.636 bits per heavy atom. The van der Waals surface area contributed by atoms with Crippen LogP contribution in [0.2, 0.25) is 0 Å². The molecule has 2 aromatic carbocycles. The summed E-state index contributed by atoms with van der Waals surface area (Å²) in [6.07, 6.45) is 0. The summed E-state index contributed by atoms with van der Waals surface area (Å²) in [6, 6.07) is 0. The van der Waals surface area contributed by atoms with E-state index in [1.165, 1.54) is 0 Å². The van der Waals surface area contributed by atoms with E-state index in [0.717, 1.165) is 0 Å². The second-order valence-corrected chi connectivity index (χ2v) is 5.58. The van der Waals surface area contributed by atoms with Crippen molar-refractivity contribution < 1.29 is 0 Å². The fourth-order valence-corrected chi connectivity index (χ4v) is 2.78. The van der Waals surface area contributed by atoms with Gasteiger partial charge in [0.25, 0.3) is 0 Å². The molecule has 0 spiro atoms. The average Bonchev–Trinajstić information content (AvgIpc) is 2.50. The third-order valence-electron chi connectivity index (χ3n) is 3.55. The Labute approximate surface area is 151 Å². The molecule has 22 heavy (non-hydrogen) atoms. The first-order chi connectivity index (χ1) is 10.1. The standard InChI is InChI=1S/C12B9Br/c13-3-1(4(14)7(17)9(19)6(3)16)2-5(15)8(18)10(20)11(21)12(2)22. The second kappa shape index (κ2) is 6.19. The van der Waals surface area contributed by atoms with Gasteiger partial charge in [0.15, 0.2) is 0 Å². The van der Waals surface area contributed by atoms with Gasteiger partial charge < -0.3 is 0 Å². The first-order valence-corrected chi connectivity index (χ1v) is 6.83. The van der Waals surface area contributed by atoms with Gasteiger partial charge in [0.2, 0.25) is 0 Å². The van der Waals surface area contributed by atoms with Crippen molar-refractivity contribution in [3.8, 4) is 11.1 Å². The lowest BCUT2D eigenvalue weighted by molar-refractivity contribution is 1.79. The Hall–Kier alpha value is -0.496. The third-order valence-corrected chi connectivity index (χ3v) is 4.37. The monoisotopic (exact) mass is 322 g/mol. The molecule has 0 aromatic heterocycles. The molecule has 2 rings (SSSR count). The summed E-state index contributed by atoms with van der Waals surface area (Å²) in [5.74, 6) is 0. The van der Waals surface area contributed by atoms with Gasteiger partial charge in [-0.05, 0) is 11.1 Å². The van der Waals surface area contributed by atoms with E-state index < -0.39 is 0 Å². The topological polar surface area (TPSA) is 0 Å². The van der Waals surface area contributed by atoms with Crippen LogP contribution in [-0.4, -0.2) is 70.6 Å². The highest BCUT2D eigenvalue weighted by atomic mass is 79.9. The molecule has 0 saturated carbocycles. The Morgan fingerprint density at radius 1 is 0.364 bits per heavy atom. The van der Waals surface area contributed by atoms with Gasteiger partial charge in [-0.3, -0.25) is 0 Å². The van der Waals surface area contributed by atoms with Gasteiger partial charge in [-0.25, -0.2) is 0 Å². The van der Waals surface area contributed by atoms with Crippen LogP contribution in [-0.2, 0) is 0 Å². The van der Waals surface area contributed by atoms with E-state index in [1.54, 1.807) is 0 Å². The van der Waals surface area contributed by atoms with Crippen molar-refractivity contribution in [1.82, 2.24) is 0 Å². The molecule has 0 nitrogen and oxygen atoms in total. The van der Waals surface area contributed by atoms with E-state index in [-0.39, 0.29) is 49.2 Å². The van der Waals surface area contributed by atoms with Gasteiger partial charge in [-0.2, -0.15) is 0 Å². The largest absolute Gasteiger partial charge is 0.114 e. The zero-order valence-electron chi connectivity index (χ0n) is 11.6. The number of hydrogen-bond donors (Lipinski definition) is 0. The van der Waals surface area contributed by atoms with E-state index >= 15 is 0 Å². The van der Waals surface area contributed by atoms with Crippen LogP contribution in [0.25, 0.3) is 11.1 Å². The van der Waals surface area contributed by atoms with E-state index in [1.807, 2.05) is 0 Å². The van der Waals surface area contributed by atoms with E-state index in [2.05, 4.69) is 15.9 Å². The smallest absolute Gasteiger partial charge is 0.112 e. The molecule has 0 bridgehead atoms. The van der Waals surface area contributed by atoms with Gasteiger partial charge in [0.1, 0.15) is 70.6 Å². The van der Waals surface area contributed by atoms with Crippen molar-refractivity contribution in [3.05, 3.63) is 4.47 Å². The summed E-state index contributed by atoms with van der Waals surface area (Å²) in [5.41, 5.74) is 1.83. The van der Waals surface area contributed by atoms with Gasteiger partial charge in [0.05, 0.1) is 0 Å². The molecule has 0 aliphatic rings. The fourth-order valence-electron chi connectivity index (χ4n) is 2.16. The molecule has 0 fully saturated rings. The Morgan fingerprint density at radius 3 is 1.05 bits per heavy atom. The number of rotatable bonds is 1. The summed E-state index contributed by atoms with van der Waals surface area (Å²) in [4.78, 5) is 0. The van der Waals surface area contributed by atoms with Gasteiger partial charge in [-0.1, -0.05) is 37.8 Å². The second-order valence-electron chi connectivity index (χ2n) is 4.79. The summed E-state index contributed by atoms with van der Waals surface area (Å²) in [5, 5.41) is 0. The van der Waals surface area contributed by atoms with Crippen LogP contribution in [0.5, 0.6) is 0 Å². The highest BCUT2D eigenvalue weighted by Crippen LogP contribution is 2.19. The number of halogens is 1. The molecule has 0 heterocycles. The predicted molar refractivity (Wildman–Crippen MR) is 108 cm³/mol. The van der Waals surface area contributed by atoms with E-state index in [0.29, 0.717) is 15.6 Å². The lowest BCUT2D eigenvalue weighted by Gasteiger charge is -2.26. The van der Waals surface area contributed by atoms with E-state index in [9.17, 15) is 0 Å². The van der Waals surface area contributed by atoms with Crippen LogP contribution in [0.15, 0.2) is 4.47 Å². The molecule has 0 aliphatic carbocycles. The Kier molecular flexibility index (Phi) is 5.02. The van der Waals surface area contributed by atoms with Crippen LogP contribution < -0.4 is 49.2 Å². The maximum absolute atomic E-state index is 6.05. The molecular formula is C12B9Br. The zero-order chi connectivity index (χ0) is 16.9. The van der Waals surface area contributed by atoms with Crippen molar-refractivity contribution in [2.75, 3.05) is 0 Å². The molecule has 10 heteroatoms. The molecule has 82 valence electrons. The Balaban J connectivity index is 3.03. The van der Waals surface area contributed by atoms with Crippen molar-refractivity contribution in [1.29, 1.82) is 0 Å². The van der Waals surface area contributed by atoms with Crippen LogP contribution in [0.1, 0.15) is 0 Å². The first-order valence-electron chi connectivity index (χ1n) is 6.04. The van der Waals surface area contributed by atoms with Crippen molar-refractivity contribution in [3.63, 3.8) is 0 Å². The molecule has 0 saturated heterocycles. The lowest BCUT2D eigenvalue weighted by Crippen LogP contribution is -2.56. The number of hydrogen-bond acceptors (Lipinski definition) is 0. The normalized spacial score (nSPS) is 10.8. The highest BCUT2D eigenvalue weighted by Gasteiger charge is 2.18. The van der Waals surface area contributed by atoms with Gasteiger partial charge >= 0.3 is 0 Å². The Bertz CT molecular complexity index is 675. The van der Waals surface area contributed by atoms with Crippen LogP contribution in [0, 0.1) is 0 Å². The highest BCUT2D eigenvalue weighted by molar-refractivity contribution is 9.10. The average molecular weight is 321 g/mol. The zero-order valence-corrected chi connectivity index (χ0v) is 13.2. The first kappa shape index (κ1) is 17.9. The fraction of sp³-hybridized carbons (Fsp3) is 0. The maximum Gasteiger partial charge on any atom is 0.114 e. The molecule has 0 atom stereocenters. The SMILES string of the molecule is [B]c1c([B])c([B])c(-c2c([B])c([B])c([B])c([B])c2Br)c([B])c1[B]. The number of benzene rings is 2. The minimum atomic E-state index is 0.0990.